The normalized spacial score (nSPS) is 13.9. The fourth-order valence-corrected chi connectivity index (χ4v) is 2.75. The summed E-state index contributed by atoms with van der Waals surface area (Å²) in [7, 11) is 0. The Labute approximate surface area is 151 Å². The molecule has 0 spiro atoms. The highest BCUT2D eigenvalue weighted by Gasteiger charge is 2.30. The topological polar surface area (TPSA) is 100 Å². The summed E-state index contributed by atoms with van der Waals surface area (Å²) in [5, 5.41) is 9.83. The first-order valence-corrected chi connectivity index (χ1v) is 8.51. The number of carbonyl (C=O) groups excluding carboxylic acids is 2. The molecule has 2 aromatic heterocycles. The average Bonchev–Trinajstić information content (AvgIpc) is 2.98. The van der Waals surface area contributed by atoms with Gasteiger partial charge in [0.15, 0.2) is 5.69 Å². The molecule has 138 valence electrons. The predicted octanol–water partition coefficient (Wildman–Crippen LogP) is 2.66. The van der Waals surface area contributed by atoms with Crippen molar-refractivity contribution >= 4 is 17.8 Å². The van der Waals surface area contributed by atoms with E-state index in [9.17, 15) is 9.59 Å². The summed E-state index contributed by atoms with van der Waals surface area (Å²) in [5.41, 5.74) is 2.16. The number of hydrogen-bond donors (Lipinski definition) is 2. The van der Waals surface area contributed by atoms with Crippen LogP contribution in [-0.4, -0.2) is 44.2 Å². The molecule has 0 unspecified atom stereocenters. The number of H-pyrrole nitrogens is 1. The molecule has 8 nitrogen and oxygen atoms in total. The van der Waals surface area contributed by atoms with Crippen LogP contribution in [0.15, 0.2) is 18.3 Å². The Balaban J connectivity index is 1.77. The Morgan fingerprint density at radius 1 is 1.35 bits per heavy atom. The lowest BCUT2D eigenvalue weighted by Gasteiger charge is -2.30. The van der Waals surface area contributed by atoms with Crippen LogP contribution in [-0.2, 0) is 17.7 Å². The standard InChI is InChI=1S/C18H23N5O3/c1-11-6-5-8-19-15(11)20-16(24)14-12-10-23(9-7-13(12)21-22-14)17(25)26-18(2,3)4/h5-6,8H,7,9-10H2,1-4H3,(H,21,22)(H,19,20,24). The van der Waals surface area contributed by atoms with Gasteiger partial charge >= 0.3 is 6.09 Å². The molecule has 0 bridgehead atoms. The monoisotopic (exact) mass is 357 g/mol. The van der Waals surface area contributed by atoms with Gasteiger partial charge in [-0.15, -0.1) is 0 Å². The molecule has 3 heterocycles. The summed E-state index contributed by atoms with van der Waals surface area (Å²) in [5.74, 6) is 0.143. The first-order chi connectivity index (χ1) is 12.2. The van der Waals surface area contributed by atoms with E-state index in [-0.39, 0.29) is 18.1 Å². The number of nitrogens with one attached hydrogen (secondary N) is 2. The number of ether oxygens (including phenoxy) is 1. The van der Waals surface area contributed by atoms with E-state index in [1.807, 2.05) is 33.8 Å². The van der Waals surface area contributed by atoms with Gasteiger partial charge in [-0.25, -0.2) is 9.78 Å². The highest BCUT2D eigenvalue weighted by atomic mass is 16.6. The van der Waals surface area contributed by atoms with Crippen molar-refractivity contribution in [2.24, 2.45) is 0 Å². The Morgan fingerprint density at radius 2 is 2.12 bits per heavy atom. The molecule has 2 aromatic rings. The molecule has 1 aliphatic rings. The fourth-order valence-electron chi connectivity index (χ4n) is 2.75. The van der Waals surface area contributed by atoms with Gasteiger partial charge in [-0.3, -0.25) is 9.89 Å². The molecule has 0 saturated carbocycles. The highest BCUT2D eigenvalue weighted by Crippen LogP contribution is 2.23. The molecule has 26 heavy (non-hydrogen) atoms. The van der Waals surface area contributed by atoms with Crippen molar-refractivity contribution in [3.05, 3.63) is 40.8 Å². The maximum atomic E-state index is 12.6. The zero-order chi connectivity index (χ0) is 18.9. The Bertz CT molecular complexity index is 838. The van der Waals surface area contributed by atoms with Crippen molar-refractivity contribution in [1.82, 2.24) is 20.1 Å². The molecule has 3 rings (SSSR count). The van der Waals surface area contributed by atoms with Crippen molar-refractivity contribution < 1.29 is 14.3 Å². The zero-order valence-electron chi connectivity index (χ0n) is 15.4. The molecule has 0 saturated heterocycles. The third-order valence-electron chi connectivity index (χ3n) is 4.04. The molecular weight excluding hydrogens is 334 g/mol. The second kappa shape index (κ2) is 6.78. The molecule has 0 aromatic carbocycles. The minimum atomic E-state index is -0.565. The first kappa shape index (κ1) is 17.9. The minimum Gasteiger partial charge on any atom is -0.444 e. The van der Waals surface area contributed by atoms with E-state index in [0.29, 0.717) is 24.3 Å². The largest absolute Gasteiger partial charge is 0.444 e. The third kappa shape index (κ3) is 3.84. The number of amides is 2. The lowest BCUT2D eigenvalue weighted by atomic mass is 10.1. The quantitative estimate of drug-likeness (QED) is 0.861. The molecule has 2 amide bonds. The van der Waals surface area contributed by atoms with E-state index < -0.39 is 11.7 Å². The van der Waals surface area contributed by atoms with Crippen molar-refractivity contribution in [2.75, 3.05) is 11.9 Å². The second-order valence-electron chi connectivity index (χ2n) is 7.30. The summed E-state index contributed by atoms with van der Waals surface area (Å²) in [6, 6.07) is 3.67. The van der Waals surface area contributed by atoms with Crippen LogP contribution in [0.3, 0.4) is 0 Å². The Hall–Kier alpha value is -2.90. The lowest BCUT2D eigenvalue weighted by Crippen LogP contribution is -2.40. The molecule has 0 radical (unpaired) electrons. The predicted molar refractivity (Wildman–Crippen MR) is 95.9 cm³/mol. The molecule has 0 aliphatic carbocycles. The van der Waals surface area contributed by atoms with Crippen LogP contribution in [0.5, 0.6) is 0 Å². The van der Waals surface area contributed by atoms with E-state index in [0.717, 1.165) is 11.3 Å². The van der Waals surface area contributed by atoms with Crippen LogP contribution < -0.4 is 5.32 Å². The molecule has 2 N–H and O–H groups in total. The molecule has 8 heteroatoms. The maximum absolute atomic E-state index is 12.6. The fraction of sp³-hybridized carbons (Fsp3) is 0.444. The number of anilines is 1. The van der Waals surface area contributed by atoms with E-state index in [1.54, 1.807) is 17.2 Å². The highest BCUT2D eigenvalue weighted by molar-refractivity contribution is 6.03. The van der Waals surface area contributed by atoms with Crippen LogP contribution >= 0.6 is 0 Å². The second-order valence-corrected chi connectivity index (χ2v) is 7.30. The van der Waals surface area contributed by atoms with E-state index in [4.69, 9.17) is 4.74 Å². The Morgan fingerprint density at radius 3 is 2.81 bits per heavy atom. The molecular formula is C18H23N5O3. The number of hydrogen-bond acceptors (Lipinski definition) is 5. The number of aromatic nitrogens is 3. The summed E-state index contributed by atoms with van der Waals surface area (Å²) in [6.07, 6.45) is 1.82. The number of pyridine rings is 1. The zero-order valence-corrected chi connectivity index (χ0v) is 15.4. The number of aromatic amines is 1. The molecule has 1 aliphatic heterocycles. The van der Waals surface area contributed by atoms with Crippen LogP contribution in [0.25, 0.3) is 0 Å². The molecule has 0 fully saturated rings. The molecule has 0 atom stereocenters. The van der Waals surface area contributed by atoms with Gasteiger partial charge in [-0.05, 0) is 39.3 Å². The van der Waals surface area contributed by atoms with Gasteiger partial charge in [0.2, 0.25) is 0 Å². The number of carbonyl (C=O) groups is 2. The van der Waals surface area contributed by atoms with Gasteiger partial charge in [0.05, 0.1) is 6.54 Å². The van der Waals surface area contributed by atoms with Crippen LogP contribution in [0, 0.1) is 6.92 Å². The van der Waals surface area contributed by atoms with Crippen molar-refractivity contribution in [3.63, 3.8) is 0 Å². The van der Waals surface area contributed by atoms with Crippen LogP contribution in [0.1, 0.15) is 48.1 Å². The van der Waals surface area contributed by atoms with Gasteiger partial charge in [-0.1, -0.05) is 6.07 Å². The van der Waals surface area contributed by atoms with Crippen molar-refractivity contribution in [2.45, 2.75) is 46.3 Å². The van der Waals surface area contributed by atoms with Gasteiger partial charge in [0, 0.05) is 30.4 Å². The van der Waals surface area contributed by atoms with E-state index in [2.05, 4.69) is 20.5 Å². The van der Waals surface area contributed by atoms with Gasteiger partial charge in [0.25, 0.3) is 5.91 Å². The Kier molecular flexibility index (Phi) is 4.67. The first-order valence-electron chi connectivity index (χ1n) is 8.51. The van der Waals surface area contributed by atoms with Crippen LogP contribution in [0.2, 0.25) is 0 Å². The van der Waals surface area contributed by atoms with Crippen molar-refractivity contribution in [1.29, 1.82) is 0 Å². The number of aryl methyl sites for hydroxylation is 1. The SMILES string of the molecule is Cc1cccnc1NC(=O)c1n[nH]c2c1CN(C(=O)OC(C)(C)C)CC2. The number of nitrogens with zero attached hydrogens (tertiary/aromatic N) is 3. The average molecular weight is 357 g/mol. The lowest BCUT2D eigenvalue weighted by molar-refractivity contribution is 0.0222. The smallest absolute Gasteiger partial charge is 0.410 e. The maximum Gasteiger partial charge on any atom is 0.410 e. The third-order valence-corrected chi connectivity index (χ3v) is 4.04. The summed E-state index contributed by atoms with van der Waals surface area (Å²) >= 11 is 0. The van der Waals surface area contributed by atoms with Crippen molar-refractivity contribution in [3.8, 4) is 0 Å². The summed E-state index contributed by atoms with van der Waals surface area (Å²) < 4.78 is 5.43. The summed E-state index contributed by atoms with van der Waals surface area (Å²) in [4.78, 5) is 30.7. The van der Waals surface area contributed by atoms with Crippen LogP contribution in [0.4, 0.5) is 10.6 Å². The summed E-state index contributed by atoms with van der Waals surface area (Å²) in [6.45, 7) is 8.15. The number of rotatable bonds is 2. The van der Waals surface area contributed by atoms with Gasteiger partial charge in [0.1, 0.15) is 11.4 Å². The number of fused-ring (bicyclic) bond motifs is 1. The van der Waals surface area contributed by atoms with E-state index >= 15 is 0 Å². The van der Waals surface area contributed by atoms with Gasteiger partial charge < -0.3 is 15.0 Å². The van der Waals surface area contributed by atoms with Gasteiger partial charge in [-0.2, -0.15) is 5.10 Å². The van der Waals surface area contributed by atoms with E-state index in [1.165, 1.54) is 0 Å². The minimum absolute atomic E-state index is 0.276.